The number of rotatable bonds is 2. The number of aromatic nitrogens is 2. The lowest BCUT2D eigenvalue weighted by Crippen LogP contribution is -2.27. The van der Waals surface area contributed by atoms with Gasteiger partial charge in [-0.25, -0.2) is 0 Å². The Balaban J connectivity index is 2.15. The van der Waals surface area contributed by atoms with E-state index in [4.69, 9.17) is 4.52 Å². The van der Waals surface area contributed by atoms with Gasteiger partial charge in [-0.3, -0.25) is 4.99 Å². The lowest BCUT2D eigenvalue weighted by Gasteiger charge is -2.13. The number of hydrogen-bond donors (Lipinski definition) is 1. The Morgan fingerprint density at radius 3 is 3.23 bits per heavy atom. The molecule has 1 unspecified atom stereocenters. The fourth-order valence-electron chi connectivity index (χ4n) is 1.17. The summed E-state index contributed by atoms with van der Waals surface area (Å²) in [6, 6.07) is 0. The van der Waals surface area contributed by atoms with E-state index in [0.29, 0.717) is 18.3 Å². The van der Waals surface area contributed by atoms with Crippen LogP contribution in [0.4, 0.5) is 0 Å². The molecule has 0 bridgehead atoms. The quantitative estimate of drug-likeness (QED) is 0.713. The van der Waals surface area contributed by atoms with E-state index < -0.39 is 0 Å². The van der Waals surface area contributed by atoms with Crippen LogP contribution in [-0.4, -0.2) is 29.6 Å². The summed E-state index contributed by atoms with van der Waals surface area (Å²) in [7, 11) is 0. The zero-order valence-electron chi connectivity index (χ0n) is 7.10. The van der Waals surface area contributed by atoms with Crippen molar-refractivity contribution in [2.45, 2.75) is 5.92 Å². The standard InChI is InChI=1S/C8H10N4O/c1-2-7-11-8(13-12-7)6-3-9-5-10-4-6/h2,5-6H,1,3-4H2,(H,9,10). The van der Waals surface area contributed by atoms with Crippen molar-refractivity contribution in [3.63, 3.8) is 0 Å². The minimum absolute atomic E-state index is 0.186. The van der Waals surface area contributed by atoms with Gasteiger partial charge >= 0.3 is 0 Å². The minimum Gasteiger partial charge on any atom is -0.376 e. The minimum atomic E-state index is 0.186. The van der Waals surface area contributed by atoms with Crippen LogP contribution in [0.15, 0.2) is 16.1 Å². The largest absolute Gasteiger partial charge is 0.376 e. The van der Waals surface area contributed by atoms with E-state index >= 15 is 0 Å². The first kappa shape index (κ1) is 7.97. The first-order chi connectivity index (χ1) is 6.40. The summed E-state index contributed by atoms with van der Waals surface area (Å²) in [5, 5.41) is 6.74. The van der Waals surface area contributed by atoms with Gasteiger partial charge in [0.1, 0.15) is 0 Å². The lowest BCUT2D eigenvalue weighted by molar-refractivity contribution is 0.350. The normalized spacial score (nSPS) is 21.1. The molecule has 2 rings (SSSR count). The van der Waals surface area contributed by atoms with Crippen molar-refractivity contribution in [2.24, 2.45) is 4.99 Å². The summed E-state index contributed by atoms with van der Waals surface area (Å²) in [4.78, 5) is 8.22. The SMILES string of the molecule is C=Cc1noc(C2CN=CNC2)n1. The zero-order valence-corrected chi connectivity index (χ0v) is 7.10. The molecule has 1 aliphatic heterocycles. The van der Waals surface area contributed by atoms with Crippen molar-refractivity contribution in [3.8, 4) is 0 Å². The van der Waals surface area contributed by atoms with E-state index in [9.17, 15) is 0 Å². The Labute approximate surface area is 75.6 Å². The molecular weight excluding hydrogens is 168 g/mol. The molecule has 0 amide bonds. The lowest BCUT2D eigenvalue weighted by atomic mass is 10.1. The highest BCUT2D eigenvalue weighted by atomic mass is 16.5. The Hall–Kier alpha value is -1.65. The monoisotopic (exact) mass is 178 g/mol. The number of aliphatic imine (C=N–C) groups is 1. The van der Waals surface area contributed by atoms with Crippen LogP contribution >= 0.6 is 0 Å². The summed E-state index contributed by atoms with van der Waals surface area (Å²) in [6.45, 7) is 5.05. The Morgan fingerprint density at radius 2 is 2.62 bits per heavy atom. The fourth-order valence-corrected chi connectivity index (χ4v) is 1.17. The predicted molar refractivity (Wildman–Crippen MR) is 48.5 cm³/mol. The van der Waals surface area contributed by atoms with Crippen molar-refractivity contribution in [1.82, 2.24) is 15.5 Å². The zero-order chi connectivity index (χ0) is 9.10. The molecule has 0 spiro atoms. The van der Waals surface area contributed by atoms with E-state index in [2.05, 4.69) is 27.0 Å². The third kappa shape index (κ3) is 1.58. The van der Waals surface area contributed by atoms with Crippen LogP contribution in [0.3, 0.4) is 0 Å². The second-order valence-corrected chi connectivity index (χ2v) is 2.79. The van der Waals surface area contributed by atoms with Crippen LogP contribution < -0.4 is 5.32 Å². The molecule has 1 aromatic heterocycles. The molecule has 0 aliphatic carbocycles. The Kier molecular flexibility index (Phi) is 2.08. The molecule has 68 valence electrons. The van der Waals surface area contributed by atoms with Crippen LogP contribution in [0.5, 0.6) is 0 Å². The molecule has 1 atom stereocenters. The summed E-state index contributed by atoms with van der Waals surface area (Å²) in [6.07, 6.45) is 3.26. The second kappa shape index (κ2) is 3.38. The van der Waals surface area contributed by atoms with Crippen molar-refractivity contribution in [2.75, 3.05) is 13.1 Å². The van der Waals surface area contributed by atoms with Gasteiger partial charge < -0.3 is 9.84 Å². The molecule has 5 nitrogen and oxygen atoms in total. The number of hydrogen-bond acceptors (Lipinski definition) is 5. The molecule has 5 heteroatoms. The maximum absolute atomic E-state index is 5.05. The fraction of sp³-hybridized carbons (Fsp3) is 0.375. The van der Waals surface area contributed by atoms with E-state index in [1.807, 2.05) is 0 Å². The summed E-state index contributed by atoms with van der Waals surface area (Å²) in [5.41, 5.74) is 0. The average molecular weight is 178 g/mol. The Bertz CT molecular complexity index is 331. The van der Waals surface area contributed by atoms with E-state index in [0.717, 1.165) is 6.54 Å². The molecule has 1 aromatic rings. The van der Waals surface area contributed by atoms with E-state index in [1.165, 1.54) is 0 Å². The van der Waals surface area contributed by atoms with Gasteiger partial charge in [-0.15, -0.1) is 0 Å². The highest BCUT2D eigenvalue weighted by Gasteiger charge is 2.19. The number of nitrogens with zero attached hydrogens (tertiary/aromatic N) is 3. The van der Waals surface area contributed by atoms with Gasteiger partial charge in [0.05, 0.1) is 18.8 Å². The van der Waals surface area contributed by atoms with Gasteiger partial charge in [-0.05, 0) is 6.08 Å². The predicted octanol–water partition coefficient (Wildman–Crippen LogP) is 0.428. The molecule has 0 radical (unpaired) electrons. The van der Waals surface area contributed by atoms with E-state index in [1.54, 1.807) is 12.4 Å². The van der Waals surface area contributed by atoms with Gasteiger partial charge in [0, 0.05) is 6.54 Å². The molecule has 0 saturated carbocycles. The highest BCUT2D eigenvalue weighted by molar-refractivity contribution is 5.55. The molecule has 0 aromatic carbocycles. The second-order valence-electron chi connectivity index (χ2n) is 2.79. The molecular formula is C8H10N4O. The van der Waals surface area contributed by atoms with Crippen molar-refractivity contribution in [1.29, 1.82) is 0 Å². The van der Waals surface area contributed by atoms with Crippen LogP contribution in [0.25, 0.3) is 6.08 Å². The van der Waals surface area contributed by atoms with Gasteiger partial charge in [-0.1, -0.05) is 11.7 Å². The first-order valence-electron chi connectivity index (χ1n) is 4.08. The van der Waals surface area contributed by atoms with E-state index in [-0.39, 0.29) is 5.92 Å². The van der Waals surface area contributed by atoms with Gasteiger partial charge in [-0.2, -0.15) is 4.98 Å². The first-order valence-corrected chi connectivity index (χ1v) is 4.08. The van der Waals surface area contributed by atoms with Crippen LogP contribution in [0.2, 0.25) is 0 Å². The van der Waals surface area contributed by atoms with Crippen LogP contribution in [-0.2, 0) is 0 Å². The van der Waals surface area contributed by atoms with Crippen LogP contribution in [0.1, 0.15) is 17.6 Å². The summed E-state index contributed by atoms with van der Waals surface area (Å²) in [5.74, 6) is 1.34. The third-order valence-electron chi connectivity index (χ3n) is 1.86. The topological polar surface area (TPSA) is 63.3 Å². The summed E-state index contributed by atoms with van der Waals surface area (Å²) < 4.78 is 5.05. The van der Waals surface area contributed by atoms with Crippen molar-refractivity contribution in [3.05, 3.63) is 18.3 Å². The van der Waals surface area contributed by atoms with Gasteiger partial charge in [0.2, 0.25) is 5.89 Å². The number of nitrogens with one attached hydrogen (secondary N) is 1. The molecule has 1 aliphatic rings. The molecule has 1 N–H and O–H groups in total. The maximum Gasteiger partial charge on any atom is 0.233 e. The third-order valence-corrected chi connectivity index (χ3v) is 1.86. The van der Waals surface area contributed by atoms with Gasteiger partial charge in [0.15, 0.2) is 5.82 Å². The van der Waals surface area contributed by atoms with Gasteiger partial charge in [0.25, 0.3) is 0 Å². The van der Waals surface area contributed by atoms with Crippen LogP contribution in [0, 0.1) is 0 Å². The summed E-state index contributed by atoms with van der Waals surface area (Å²) >= 11 is 0. The van der Waals surface area contributed by atoms with Crippen molar-refractivity contribution >= 4 is 12.4 Å². The maximum atomic E-state index is 5.05. The average Bonchev–Trinajstić information content (AvgIpc) is 2.67. The molecule has 2 heterocycles. The highest BCUT2D eigenvalue weighted by Crippen LogP contribution is 2.14. The molecule has 0 fully saturated rings. The molecule has 0 saturated heterocycles. The Morgan fingerprint density at radius 1 is 1.69 bits per heavy atom. The van der Waals surface area contributed by atoms with Crippen molar-refractivity contribution < 1.29 is 4.52 Å². The molecule has 13 heavy (non-hydrogen) atoms. The smallest absolute Gasteiger partial charge is 0.233 e.